The Morgan fingerprint density at radius 3 is 2.44 bits per heavy atom. The molecule has 0 heterocycles. The Morgan fingerprint density at radius 2 is 1.82 bits per heavy atom. The molecule has 10 atom stereocenters. The van der Waals surface area contributed by atoms with E-state index in [1.807, 2.05) is 6.08 Å². The minimum atomic E-state index is -0.884. The van der Waals surface area contributed by atoms with E-state index in [4.69, 9.17) is 0 Å². The number of carbonyl (C=O) groups is 2. The van der Waals surface area contributed by atoms with Crippen LogP contribution in [0, 0.1) is 50.7 Å². The van der Waals surface area contributed by atoms with Crippen LogP contribution in [0.4, 0.5) is 0 Å². The summed E-state index contributed by atoms with van der Waals surface area (Å²) in [6, 6.07) is 0. The highest BCUT2D eigenvalue weighted by atomic mass is 16.4. The van der Waals surface area contributed by atoms with Crippen LogP contribution in [0.25, 0.3) is 0 Å². The maximum absolute atomic E-state index is 12.7. The number of allylic oxidation sites excluding steroid dienone is 2. The van der Waals surface area contributed by atoms with Gasteiger partial charge in [0.25, 0.3) is 0 Å². The third-order valence-electron chi connectivity index (χ3n) is 12.3. The lowest BCUT2D eigenvalue weighted by Crippen LogP contribution is -2.62. The predicted molar refractivity (Wildman–Crippen MR) is 130 cm³/mol. The second kappa shape index (κ2) is 7.06. The zero-order valence-electron chi connectivity index (χ0n) is 21.4. The highest BCUT2D eigenvalue weighted by molar-refractivity contribution is 5.96. The lowest BCUT2D eigenvalue weighted by atomic mass is 9.41. The molecule has 5 rings (SSSR count). The van der Waals surface area contributed by atoms with Crippen LogP contribution in [-0.2, 0) is 9.59 Å². The molecule has 0 amide bonds. The molecule has 0 aromatic heterocycles. The molecule has 0 saturated heterocycles. The van der Waals surface area contributed by atoms with Gasteiger partial charge in [-0.15, -0.1) is 0 Å². The number of aliphatic hydroxyl groups is 2. The summed E-state index contributed by atoms with van der Waals surface area (Å²) in [5.41, 5.74) is -0.505. The van der Waals surface area contributed by atoms with Crippen LogP contribution in [0.2, 0.25) is 0 Å². The lowest BCUT2D eigenvalue weighted by Gasteiger charge is -2.63. The van der Waals surface area contributed by atoms with Gasteiger partial charge in [0.2, 0.25) is 0 Å². The number of hydrogen-bond acceptors (Lipinski definition) is 4. The molecule has 3 N–H and O–H groups in total. The van der Waals surface area contributed by atoms with E-state index in [9.17, 15) is 24.9 Å². The number of carboxylic acids is 1. The summed E-state index contributed by atoms with van der Waals surface area (Å²) in [5.74, 6) is -0.850. The van der Waals surface area contributed by atoms with Gasteiger partial charge in [-0.2, -0.15) is 0 Å². The summed E-state index contributed by atoms with van der Waals surface area (Å²) in [4.78, 5) is 25.2. The number of rotatable bonds is 5. The third-order valence-corrected chi connectivity index (χ3v) is 12.3. The molecular weight excluding hydrogens is 428 g/mol. The smallest absolute Gasteiger partial charge is 0.306 e. The number of fused-ring (bicyclic) bond motifs is 2. The van der Waals surface area contributed by atoms with Crippen LogP contribution in [0.5, 0.6) is 0 Å². The molecule has 10 unspecified atom stereocenters. The Kier molecular flexibility index (Phi) is 5.04. The normalized spacial score (nSPS) is 49.8. The number of aliphatic hydroxyl groups excluding tert-OH is 2. The fourth-order valence-corrected chi connectivity index (χ4v) is 10.2. The van der Waals surface area contributed by atoms with Crippen molar-refractivity contribution in [3.63, 3.8) is 0 Å². The molecular formula is C29H42O5. The molecule has 34 heavy (non-hydrogen) atoms. The Hall–Kier alpha value is -1.46. The van der Waals surface area contributed by atoms with E-state index >= 15 is 0 Å². The van der Waals surface area contributed by atoms with E-state index < -0.39 is 29.5 Å². The van der Waals surface area contributed by atoms with Crippen molar-refractivity contribution in [1.29, 1.82) is 0 Å². The first kappa shape index (κ1) is 24.2. The minimum absolute atomic E-state index is 0.00287. The maximum Gasteiger partial charge on any atom is 0.306 e. The molecule has 5 aliphatic carbocycles. The van der Waals surface area contributed by atoms with Crippen molar-refractivity contribution in [3.8, 4) is 0 Å². The van der Waals surface area contributed by atoms with Gasteiger partial charge in [-0.25, -0.2) is 0 Å². The molecule has 188 valence electrons. The van der Waals surface area contributed by atoms with Crippen molar-refractivity contribution < 1.29 is 24.9 Å². The molecule has 5 aliphatic rings. The largest absolute Gasteiger partial charge is 0.481 e. The van der Waals surface area contributed by atoms with Gasteiger partial charge in [0.15, 0.2) is 5.78 Å². The van der Waals surface area contributed by atoms with E-state index in [1.165, 1.54) is 0 Å². The molecule has 0 radical (unpaired) electrons. The lowest BCUT2D eigenvalue weighted by molar-refractivity contribution is -0.193. The van der Waals surface area contributed by atoms with Crippen LogP contribution >= 0.6 is 0 Å². The second-order valence-corrected chi connectivity index (χ2v) is 13.6. The second-order valence-electron chi connectivity index (χ2n) is 13.6. The van der Waals surface area contributed by atoms with Gasteiger partial charge in [0.1, 0.15) is 0 Å². The molecule has 0 aliphatic heterocycles. The quantitative estimate of drug-likeness (QED) is 0.503. The topological polar surface area (TPSA) is 94.8 Å². The molecule has 0 aromatic carbocycles. The van der Waals surface area contributed by atoms with Gasteiger partial charge < -0.3 is 15.3 Å². The Morgan fingerprint density at radius 1 is 1.18 bits per heavy atom. The van der Waals surface area contributed by atoms with E-state index in [2.05, 4.69) is 40.3 Å². The van der Waals surface area contributed by atoms with Crippen molar-refractivity contribution in [2.24, 2.45) is 50.7 Å². The Labute approximate surface area is 203 Å². The Balaban J connectivity index is 1.53. The summed E-state index contributed by atoms with van der Waals surface area (Å²) in [7, 11) is 0. The number of aliphatic carboxylic acids is 1. The summed E-state index contributed by atoms with van der Waals surface area (Å²) in [6.07, 6.45) is 8.13. The SMILES string of the molecule is C=C(C)C(O)CC(C(=O)O)C1CCC2(C)C3CCC4C(C)(C)C(=O)C=CC45CC35CC(O)C12C. The van der Waals surface area contributed by atoms with Gasteiger partial charge in [0, 0.05) is 10.8 Å². The van der Waals surface area contributed by atoms with Crippen molar-refractivity contribution in [2.45, 2.75) is 91.8 Å². The zero-order chi connectivity index (χ0) is 25.1. The average molecular weight is 471 g/mol. The summed E-state index contributed by atoms with van der Waals surface area (Å²) in [5, 5.41) is 32.6. The number of ketones is 1. The van der Waals surface area contributed by atoms with Gasteiger partial charge in [-0.05, 0) is 91.9 Å². The maximum atomic E-state index is 12.7. The van der Waals surface area contributed by atoms with E-state index in [-0.39, 0.29) is 39.8 Å². The first-order chi connectivity index (χ1) is 15.7. The van der Waals surface area contributed by atoms with Crippen molar-refractivity contribution in [3.05, 3.63) is 24.3 Å². The van der Waals surface area contributed by atoms with Gasteiger partial charge in [-0.3, -0.25) is 9.59 Å². The minimum Gasteiger partial charge on any atom is -0.481 e. The number of hydrogen-bond donors (Lipinski definition) is 3. The van der Waals surface area contributed by atoms with E-state index in [0.717, 1.165) is 32.1 Å². The van der Waals surface area contributed by atoms with Crippen LogP contribution < -0.4 is 0 Å². The van der Waals surface area contributed by atoms with Crippen molar-refractivity contribution >= 4 is 11.8 Å². The monoisotopic (exact) mass is 470 g/mol. The average Bonchev–Trinajstić information content (AvgIpc) is 3.32. The van der Waals surface area contributed by atoms with Gasteiger partial charge in [-0.1, -0.05) is 45.9 Å². The molecule has 4 fully saturated rings. The fraction of sp³-hybridized carbons (Fsp3) is 0.793. The van der Waals surface area contributed by atoms with E-state index in [1.54, 1.807) is 6.92 Å². The highest BCUT2D eigenvalue weighted by Gasteiger charge is 2.83. The number of carbonyl (C=O) groups excluding carboxylic acids is 1. The van der Waals surface area contributed by atoms with Crippen molar-refractivity contribution in [1.82, 2.24) is 0 Å². The first-order valence-electron chi connectivity index (χ1n) is 13.2. The van der Waals surface area contributed by atoms with Crippen LogP contribution in [0.1, 0.15) is 79.6 Å². The molecule has 2 spiro atoms. The summed E-state index contributed by atoms with van der Waals surface area (Å²) in [6.45, 7) is 14.2. The van der Waals surface area contributed by atoms with E-state index in [0.29, 0.717) is 23.8 Å². The summed E-state index contributed by atoms with van der Waals surface area (Å²) >= 11 is 0. The highest BCUT2D eigenvalue weighted by Crippen LogP contribution is 2.87. The zero-order valence-corrected chi connectivity index (χ0v) is 21.4. The first-order valence-corrected chi connectivity index (χ1v) is 13.2. The molecule has 5 nitrogen and oxygen atoms in total. The molecule has 0 aromatic rings. The van der Waals surface area contributed by atoms with Crippen LogP contribution in [-0.4, -0.2) is 39.3 Å². The Bertz CT molecular complexity index is 981. The van der Waals surface area contributed by atoms with Gasteiger partial charge >= 0.3 is 5.97 Å². The number of carboxylic acid groups (broad SMARTS) is 1. The molecule has 0 bridgehead atoms. The van der Waals surface area contributed by atoms with Gasteiger partial charge in [0.05, 0.1) is 18.1 Å². The van der Waals surface area contributed by atoms with Crippen LogP contribution in [0.3, 0.4) is 0 Å². The van der Waals surface area contributed by atoms with Crippen molar-refractivity contribution in [2.75, 3.05) is 0 Å². The predicted octanol–water partition coefficient (Wildman–Crippen LogP) is 4.77. The standard InChI is InChI=1S/C29H42O5/c1-16(2)19(30)13-17(24(33)34)18-9-11-26(5)21-8-7-20-25(3,4)22(31)10-12-28(20)15-29(21,28)14-23(32)27(18,26)6/h10,12,17-21,23,30,32H,1,7-9,11,13-15H2,2-6H3,(H,33,34). The summed E-state index contributed by atoms with van der Waals surface area (Å²) < 4.78 is 0. The molecule has 4 saturated carbocycles. The molecule has 5 heteroatoms. The van der Waals surface area contributed by atoms with Crippen LogP contribution in [0.15, 0.2) is 24.3 Å². The fourth-order valence-electron chi connectivity index (χ4n) is 10.2. The third kappa shape index (κ3) is 2.64.